The molecule has 10 heteroatoms. The van der Waals surface area contributed by atoms with Gasteiger partial charge in [-0.1, -0.05) is 0 Å². The number of carbonyl (C=O) groups excluding carboxylic acids is 1. The van der Waals surface area contributed by atoms with Crippen molar-refractivity contribution < 1.29 is 22.7 Å². The number of hydrogen-bond acceptors (Lipinski definition) is 7. The van der Waals surface area contributed by atoms with Crippen molar-refractivity contribution in [2.45, 2.75) is 37.1 Å². The lowest BCUT2D eigenvalue weighted by Crippen LogP contribution is -2.46. The molecule has 1 amide bonds. The first kappa shape index (κ1) is 21.5. The smallest absolute Gasteiger partial charge is 0.247 e. The largest absolute Gasteiger partial charge is 0.497 e. The van der Waals surface area contributed by atoms with Crippen molar-refractivity contribution in [3.63, 3.8) is 0 Å². The lowest BCUT2D eigenvalue weighted by Gasteiger charge is -2.24. The highest BCUT2D eigenvalue weighted by Crippen LogP contribution is 2.34. The molecule has 158 valence electrons. The highest BCUT2D eigenvalue weighted by atomic mass is 32.2. The summed E-state index contributed by atoms with van der Waals surface area (Å²) in [6, 6.07) is 3.86. The van der Waals surface area contributed by atoms with E-state index < -0.39 is 16.1 Å². The van der Waals surface area contributed by atoms with Crippen LogP contribution in [0.2, 0.25) is 0 Å². The SMILES string of the molecule is COc1ccc(OC)c(S(=O)(=O)N2CCC[C@@H]2C(=O)NCCc2csc(C)n2)c1. The van der Waals surface area contributed by atoms with Gasteiger partial charge in [0.2, 0.25) is 15.9 Å². The third-order valence-electron chi connectivity index (χ3n) is 4.81. The van der Waals surface area contributed by atoms with Crippen molar-refractivity contribution in [1.82, 2.24) is 14.6 Å². The lowest BCUT2D eigenvalue weighted by atomic mass is 10.2. The third-order valence-corrected chi connectivity index (χ3v) is 7.56. The Kier molecular flexibility index (Phi) is 6.76. The van der Waals surface area contributed by atoms with Crippen LogP contribution in [0.15, 0.2) is 28.5 Å². The van der Waals surface area contributed by atoms with Crippen LogP contribution in [0.5, 0.6) is 11.5 Å². The van der Waals surface area contributed by atoms with Crippen molar-refractivity contribution in [2.24, 2.45) is 0 Å². The minimum Gasteiger partial charge on any atom is -0.497 e. The monoisotopic (exact) mass is 439 g/mol. The number of carbonyl (C=O) groups is 1. The number of ether oxygens (including phenoxy) is 2. The van der Waals surface area contributed by atoms with Gasteiger partial charge in [0, 0.05) is 31.0 Å². The zero-order valence-electron chi connectivity index (χ0n) is 16.7. The number of rotatable bonds is 8. The van der Waals surface area contributed by atoms with Crippen molar-refractivity contribution in [3.8, 4) is 11.5 Å². The normalized spacial score (nSPS) is 17.3. The van der Waals surface area contributed by atoms with Gasteiger partial charge in [-0.25, -0.2) is 13.4 Å². The Hall–Kier alpha value is -2.17. The van der Waals surface area contributed by atoms with E-state index in [9.17, 15) is 13.2 Å². The molecule has 8 nitrogen and oxygen atoms in total. The molecule has 1 aliphatic heterocycles. The Labute approximate surface area is 174 Å². The number of aromatic nitrogens is 1. The molecule has 1 saturated heterocycles. The average Bonchev–Trinajstić information content (AvgIpc) is 3.37. The van der Waals surface area contributed by atoms with Gasteiger partial charge in [-0.05, 0) is 31.9 Å². The van der Waals surface area contributed by atoms with E-state index in [1.165, 1.54) is 24.6 Å². The summed E-state index contributed by atoms with van der Waals surface area (Å²) in [6.07, 6.45) is 1.71. The number of nitrogens with one attached hydrogen (secondary N) is 1. The summed E-state index contributed by atoms with van der Waals surface area (Å²) in [4.78, 5) is 17.1. The van der Waals surface area contributed by atoms with E-state index in [1.54, 1.807) is 23.5 Å². The van der Waals surface area contributed by atoms with Gasteiger partial charge in [0.25, 0.3) is 0 Å². The molecule has 1 N–H and O–H groups in total. The van der Waals surface area contributed by atoms with Crippen LogP contribution in [-0.2, 0) is 21.2 Å². The molecule has 0 unspecified atom stereocenters. The fourth-order valence-corrected chi connectivity index (χ4v) is 5.83. The van der Waals surface area contributed by atoms with E-state index in [2.05, 4.69) is 10.3 Å². The molecule has 0 spiro atoms. The maximum absolute atomic E-state index is 13.3. The molecule has 0 saturated carbocycles. The van der Waals surface area contributed by atoms with Gasteiger partial charge in [-0.15, -0.1) is 11.3 Å². The van der Waals surface area contributed by atoms with Crippen LogP contribution in [0.4, 0.5) is 0 Å². The Morgan fingerprint density at radius 1 is 1.34 bits per heavy atom. The van der Waals surface area contributed by atoms with E-state index in [4.69, 9.17) is 9.47 Å². The molecule has 0 radical (unpaired) electrons. The third kappa shape index (κ3) is 4.71. The number of thiazole rings is 1. The lowest BCUT2D eigenvalue weighted by molar-refractivity contribution is -0.124. The summed E-state index contributed by atoms with van der Waals surface area (Å²) in [5, 5.41) is 5.79. The van der Waals surface area contributed by atoms with E-state index in [1.807, 2.05) is 12.3 Å². The molecule has 0 bridgehead atoms. The van der Waals surface area contributed by atoms with E-state index in [0.717, 1.165) is 10.7 Å². The van der Waals surface area contributed by atoms with E-state index >= 15 is 0 Å². The molecule has 3 rings (SSSR count). The summed E-state index contributed by atoms with van der Waals surface area (Å²) in [5.74, 6) is 0.332. The molecule has 0 aliphatic carbocycles. The van der Waals surface area contributed by atoms with Crippen LogP contribution in [0.3, 0.4) is 0 Å². The second-order valence-corrected chi connectivity index (χ2v) is 9.61. The number of nitrogens with zero attached hydrogens (tertiary/aromatic N) is 2. The second kappa shape index (κ2) is 9.10. The molecule has 1 fully saturated rings. The summed E-state index contributed by atoms with van der Waals surface area (Å²) in [6.45, 7) is 2.63. The highest BCUT2D eigenvalue weighted by molar-refractivity contribution is 7.89. The minimum absolute atomic E-state index is 0.00278. The summed E-state index contributed by atoms with van der Waals surface area (Å²) >= 11 is 1.56. The van der Waals surface area contributed by atoms with Gasteiger partial charge in [0.05, 0.1) is 24.9 Å². The first-order valence-electron chi connectivity index (χ1n) is 9.29. The van der Waals surface area contributed by atoms with Crippen LogP contribution in [0.1, 0.15) is 23.5 Å². The number of amides is 1. The zero-order valence-corrected chi connectivity index (χ0v) is 18.3. The summed E-state index contributed by atoms with van der Waals surface area (Å²) < 4.78 is 38.2. The molecule has 2 heterocycles. The summed E-state index contributed by atoms with van der Waals surface area (Å²) in [7, 11) is -1.05. The van der Waals surface area contributed by atoms with Gasteiger partial charge < -0.3 is 14.8 Å². The first-order valence-corrected chi connectivity index (χ1v) is 11.6. The molecule has 2 aromatic rings. The Bertz CT molecular complexity index is 974. The van der Waals surface area contributed by atoms with Crippen molar-refractivity contribution in [1.29, 1.82) is 0 Å². The molecule has 1 aliphatic rings. The molecule has 29 heavy (non-hydrogen) atoms. The van der Waals surface area contributed by atoms with Crippen LogP contribution < -0.4 is 14.8 Å². The van der Waals surface area contributed by atoms with Gasteiger partial charge in [-0.3, -0.25) is 4.79 Å². The standard InChI is InChI=1S/C19H25N3O5S2/c1-13-21-14(12-28-13)8-9-20-19(23)16-5-4-10-22(16)29(24,25)18-11-15(26-2)6-7-17(18)27-3/h6-7,11-12,16H,4-5,8-10H2,1-3H3,(H,20,23)/t16-/m1/s1. The van der Waals surface area contributed by atoms with Crippen molar-refractivity contribution >= 4 is 27.3 Å². The number of sulfonamides is 1. The minimum atomic E-state index is -3.93. The topological polar surface area (TPSA) is 97.8 Å². The zero-order chi connectivity index (χ0) is 21.0. The van der Waals surface area contributed by atoms with Gasteiger partial charge >= 0.3 is 0 Å². The molecule has 1 aromatic heterocycles. The molecule has 1 atom stereocenters. The van der Waals surface area contributed by atoms with Gasteiger partial charge in [0.1, 0.15) is 22.4 Å². The Morgan fingerprint density at radius 3 is 2.79 bits per heavy atom. The molecular weight excluding hydrogens is 414 g/mol. The maximum Gasteiger partial charge on any atom is 0.247 e. The maximum atomic E-state index is 13.3. The molecule has 1 aromatic carbocycles. The van der Waals surface area contributed by atoms with Crippen LogP contribution in [0.25, 0.3) is 0 Å². The van der Waals surface area contributed by atoms with Crippen molar-refractivity contribution in [3.05, 3.63) is 34.3 Å². The predicted octanol–water partition coefficient (Wildman–Crippen LogP) is 1.98. The van der Waals surface area contributed by atoms with Crippen molar-refractivity contribution in [2.75, 3.05) is 27.3 Å². The van der Waals surface area contributed by atoms with Crippen LogP contribution in [-0.4, -0.2) is 57.0 Å². The predicted molar refractivity (Wildman–Crippen MR) is 110 cm³/mol. The Morgan fingerprint density at radius 2 is 2.14 bits per heavy atom. The fraction of sp³-hybridized carbons (Fsp3) is 0.474. The van der Waals surface area contributed by atoms with Crippen LogP contribution >= 0.6 is 11.3 Å². The number of benzene rings is 1. The molecular formula is C19H25N3O5S2. The van der Waals surface area contributed by atoms with E-state index in [-0.39, 0.29) is 23.1 Å². The average molecular weight is 440 g/mol. The van der Waals surface area contributed by atoms with Gasteiger partial charge in [-0.2, -0.15) is 4.31 Å². The first-order chi connectivity index (χ1) is 13.9. The number of methoxy groups -OCH3 is 2. The van der Waals surface area contributed by atoms with Gasteiger partial charge in [0.15, 0.2) is 0 Å². The van der Waals surface area contributed by atoms with E-state index in [0.29, 0.717) is 31.6 Å². The second-order valence-electron chi connectivity index (χ2n) is 6.69. The number of aryl methyl sites for hydroxylation is 1. The highest BCUT2D eigenvalue weighted by Gasteiger charge is 2.40. The fourth-order valence-electron chi connectivity index (χ4n) is 3.36. The quantitative estimate of drug-likeness (QED) is 0.675. The summed E-state index contributed by atoms with van der Waals surface area (Å²) in [5.41, 5.74) is 0.921. The number of hydrogen-bond donors (Lipinski definition) is 1. The Balaban J connectivity index is 1.74. The van der Waals surface area contributed by atoms with Crippen LogP contribution in [0, 0.1) is 6.92 Å².